The molecule has 1 aromatic heterocycles. The molecule has 0 atom stereocenters. The van der Waals surface area contributed by atoms with Crippen LogP contribution in [-0.2, 0) is 25.3 Å². The van der Waals surface area contributed by atoms with Crippen molar-refractivity contribution in [2.45, 2.75) is 52.3 Å². The summed E-state index contributed by atoms with van der Waals surface area (Å²) >= 11 is 0. The molecule has 0 amide bonds. The molecule has 0 bridgehead atoms. The van der Waals surface area contributed by atoms with E-state index in [1.54, 1.807) is 27.7 Å². The Hall–Kier alpha value is -1.34. The largest absolute Gasteiger partial charge is 0.516 e. The molecule has 0 spiro atoms. The number of ether oxygens (including phenoxy) is 1. The van der Waals surface area contributed by atoms with E-state index in [1.807, 2.05) is 0 Å². The Morgan fingerprint density at radius 3 is 2.65 bits per heavy atom. The van der Waals surface area contributed by atoms with Gasteiger partial charge in [-0.3, -0.25) is 4.79 Å². The first-order chi connectivity index (χ1) is 11.5. The maximum absolute atomic E-state index is 11.1. The summed E-state index contributed by atoms with van der Waals surface area (Å²) in [4.78, 5) is 14.9. The van der Waals surface area contributed by atoms with Gasteiger partial charge in [-0.25, -0.2) is 4.98 Å². The van der Waals surface area contributed by atoms with E-state index >= 15 is 0 Å². The fourth-order valence-electron chi connectivity index (χ4n) is 1.52. The number of hydrogen-bond acceptors (Lipinski definition) is 5. The molecule has 6 nitrogen and oxygen atoms in total. The molecule has 0 aliphatic carbocycles. The minimum atomic E-state index is -3.13. The van der Waals surface area contributed by atoms with Gasteiger partial charge in [-0.2, -0.15) is 0 Å². The van der Waals surface area contributed by atoms with Crippen LogP contribution < -0.4 is 5.59 Å². The first kappa shape index (κ1) is 8.84. The molecule has 2 heterocycles. The van der Waals surface area contributed by atoms with Gasteiger partial charge in [0.15, 0.2) is 0 Å². The topological polar surface area (TPSA) is 62.6 Å². The zero-order valence-corrected chi connectivity index (χ0v) is 12.1. The van der Waals surface area contributed by atoms with E-state index < -0.39 is 49.8 Å². The van der Waals surface area contributed by atoms with Gasteiger partial charge < -0.3 is 18.6 Å². The van der Waals surface area contributed by atoms with Crippen LogP contribution in [0.5, 0.6) is 0 Å². The number of nitrogens with zero attached hydrogens (tertiary/aromatic N) is 2. The van der Waals surface area contributed by atoms with Crippen molar-refractivity contribution in [3.8, 4) is 0 Å². The second-order valence-electron chi connectivity index (χ2n) is 5.44. The van der Waals surface area contributed by atoms with Gasteiger partial charge in [0.2, 0.25) is 0 Å². The van der Waals surface area contributed by atoms with Crippen molar-refractivity contribution in [3.63, 3.8) is 0 Å². The molecule has 0 radical (unpaired) electrons. The quantitative estimate of drug-likeness (QED) is 0.603. The van der Waals surface area contributed by atoms with Crippen molar-refractivity contribution in [3.05, 3.63) is 12.5 Å². The third-order valence-corrected chi connectivity index (χ3v) is 3.33. The van der Waals surface area contributed by atoms with Gasteiger partial charge >= 0.3 is 13.1 Å². The van der Waals surface area contributed by atoms with Crippen LogP contribution in [0.3, 0.4) is 0 Å². The van der Waals surface area contributed by atoms with E-state index in [0.29, 0.717) is 4.57 Å². The lowest BCUT2D eigenvalue weighted by molar-refractivity contribution is -0.141. The number of imidazole rings is 1. The zero-order chi connectivity index (χ0) is 20.3. The normalized spacial score (nSPS) is 25.9. The van der Waals surface area contributed by atoms with E-state index in [-0.39, 0.29) is 5.59 Å². The van der Waals surface area contributed by atoms with Crippen molar-refractivity contribution < 1.29 is 27.1 Å². The van der Waals surface area contributed by atoms with Gasteiger partial charge in [0.1, 0.15) is 7.93 Å². The van der Waals surface area contributed by atoms with Crippen molar-refractivity contribution in [1.82, 2.24) is 9.55 Å². The maximum Gasteiger partial charge on any atom is 0.516 e. The Morgan fingerprint density at radius 1 is 1.50 bits per heavy atom. The Labute approximate surface area is 128 Å². The molecule has 20 heavy (non-hydrogen) atoms. The van der Waals surface area contributed by atoms with Crippen molar-refractivity contribution in [2.24, 2.45) is 0 Å². The van der Waals surface area contributed by atoms with Gasteiger partial charge in [-0.1, -0.05) is 0 Å². The average Bonchev–Trinajstić information content (AvgIpc) is 2.81. The molecule has 1 aromatic rings. The summed E-state index contributed by atoms with van der Waals surface area (Å²) < 4.78 is 63.8. The Kier molecular flexibility index (Phi) is 2.31. The second kappa shape index (κ2) is 5.22. The van der Waals surface area contributed by atoms with Crippen LogP contribution in [0.25, 0.3) is 0 Å². The molecule has 7 heteroatoms. The van der Waals surface area contributed by atoms with Crippen LogP contribution in [0.15, 0.2) is 12.5 Å². The summed E-state index contributed by atoms with van der Waals surface area (Å²) in [5, 5.41) is 0. The monoisotopic (exact) mass is 286 g/mol. The molecule has 2 rings (SSSR count). The van der Waals surface area contributed by atoms with E-state index in [0.717, 1.165) is 6.92 Å². The van der Waals surface area contributed by atoms with Crippen LogP contribution in [0.1, 0.15) is 42.8 Å². The van der Waals surface area contributed by atoms with Crippen molar-refractivity contribution in [1.29, 1.82) is 0 Å². The Bertz CT molecular complexity index is 720. The SMILES string of the molecule is [2H]c1nc(B2OC(C)(C)C(C)(C)O2)c([2H])n1C([2H])([2H])C([2H])([2H])OC(C)=O. The maximum atomic E-state index is 11.1. The molecule has 0 N–H and O–H groups in total. The van der Waals surface area contributed by atoms with Gasteiger partial charge in [0.05, 0.1) is 36.4 Å². The first-order valence-electron chi connectivity index (χ1n) is 9.15. The lowest BCUT2D eigenvalue weighted by atomic mass is 9.86. The van der Waals surface area contributed by atoms with Gasteiger partial charge in [-0.05, 0) is 27.7 Å². The molecule has 0 unspecified atom stereocenters. The molecule has 1 fully saturated rings. The predicted octanol–water partition coefficient (Wildman–Crippen LogP) is 0.745. The summed E-state index contributed by atoms with van der Waals surface area (Å²) in [5.41, 5.74) is -1.63. The lowest BCUT2D eigenvalue weighted by Crippen LogP contribution is -2.41. The van der Waals surface area contributed by atoms with Gasteiger partial charge in [0.25, 0.3) is 0 Å². The fourth-order valence-corrected chi connectivity index (χ4v) is 1.52. The fraction of sp³-hybridized carbons (Fsp3) is 0.692. The summed E-state index contributed by atoms with van der Waals surface area (Å²) in [5.74, 6) is -1.04. The van der Waals surface area contributed by atoms with Gasteiger partial charge in [-0.15, -0.1) is 0 Å². The van der Waals surface area contributed by atoms with Crippen LogP contribution in [0.4, 0.5) is 0 Å². The highest BCUT2D eigenvalue weighted by Gasteiger charge is 2.52. The highest BCUT2D eigenvalue weighted by Crippen LogP contribution is 2.36. The number of rotatable bonds is 4. The van der Waals surface area contributed by atoms with E-state index in [9.17, 15) is 4.79 Å². The third kappa shape index (κ3) is 3.04. The number of carbonyl (C=O) groups is 1. The molecule has 0 saturated carbocycles. The third-order valence-electron chi connectivity index (χ3n) is 3.33. The van der Waals surface area contributed by atoms with Crippen LogP contribution in [-0.4, -0.2) is 40.4 Å². The van der Waals surface area contributed by atoms with E-state index in [2.05, 4.69) is 9.72 Å². The van der Waals surface area contributed by atoms with Crippen LogP contribution in [0.2, 0.25) is 0 Å². The van der Waals surface area contributed by atoms with E-state index in [1.165, 1.54) is 0 Å². The van der Waals surface area contributed by atoms with Crippen LogP contribution >= 0.6 is 0 Å². The minimum absolute atomic E-state index is 0.156. The highest BCUT2D eigenvalue weighted by atomic mass is 16.7. The summed E-state index contributed by atoms with van der Waals surface area (Å²) in [6.45, 7) is 1.89. The molecule has 110 valence electrons. The Balaban J connectivity index is 2.48. The van der Waals surface area contributed by atoms with Crippen molar-refractivity contribution in [2.75, 3.05) is 6.56 Å². The molecular formula is C13H21BN2O4. The van der Waals surface area contributed by atoms with E-state index in [4.69, 9.17) is 17.5 Å². The number of aromatic nitrogens is 2. The smallest absolute Gasteiger partial charge is 0.464 e. The summed E-state index contributed by atoms with van der Waals surface area (Å²) in [7, 11) is -1.12. The number of carbonyl (C=O) groups excluding carboxylic acids is 1. The zero-order valence-electron chi connectivity index (χ0n) is 18.1. The number of esters is 1. The summed E-state index contributed by atoms with van der Waals surface area (Å²) in [6.07, 6.45) is -1.32. The van der Waals surface area contributed by atoms with Crippen LogP contribution in [0, 0.1) is 0 Å². The molecule has 1 saturated heterocycles. The molecule has 1 aliphatic rings. The standard InChI is InChI=1S/C13H21BN2O4/c1-10(17)18-7-6-16-8-11(15-9-16)14-19-12(2,3)13(4,5)20-14/h8-9H,6-7H2,1-5H3/i6D2,7D2,8D,9D. The van der Waals surface area contributed by atoms with Crippen molar-refractivity contribution >= 4 is 18.7 Å². The molecular weight excluding hydrogens is 259 g/mol. The minimum Gasteiger partial charge on any atom is -0.464 e. The highest BCUT2D eigenvalue weighted by molar-refractivity contribution is 6.61. The summed E-state index contributed by atoms with van der Waals surface area (Å²) in [6, 6.07) is 0. The average molecular weight is 286 g/mol. The molecule has 0 aromatic carbocycles. The lowest BCUT2D eigenvalue weighted by Gasteiger charge is -2.32. The second-order valence-corrected chi connectivity index (χ2v) is 5.44. The number of hydrogen-bond donors (Lipinski definition) is 0. The Morgan fingerprint density at radius 2 is 2.10 bits per heavy atom. The first-order valence-corrected chi connectivity index (χ1v) is 6.15. The molecule has 1 aliphatic heterocycles. The van der Waals surface area contributed by atoms with Gasteiger partial charge in [0, 0.05) is 13.1 Å². The predicted molar refractivity (Wildman–Crippen MR) is 74.6 cm³/mol.